The van der Waals surface area contributed by atoms with Crippen LogP contribution < -0.4 is 10.2 Å². The molecule has 0 radical (unpaired) electrons. The molecule has 2 heterocycles. The number of aryl methyl sites for hydroxylation is 1. The summed E-state index contributed by atoms with van der Waals surface area (Å²) in [5.74, 6) is -0.0176. The lowest BCUT2D eigenvalue weighted by molar-refractivity contribution is -0.117. The fourth-order valence-electron chi connectivity index (χ4n) is 1.89. The van der Waals surface area contributed by atoms with Gasteiger partial charge in [0.05, 0.1) is 24.0 Å². The van der Waals surface area contributed by atoms with Crippen molar-refractivity contribution >= 4 is 23.3 Å². The second-order valence-corrected chi connectivity index (χ2v) is 5.14. The molecule has 0 saturated heterocycles. The number of hydrogen-bond donors (Lipinski definition) is 1. The number of nitrogens with zero attached hydrogens (tertiary/aromatic N) is 4. The van der Waals surface area contributed by atoms with E-state index in [1.165, 1.54) is 18.0 Å². The Labute approximate surface area is 129 Å². The third-order valence-electron chi connectivity index (χ3n) is 3.45. The first-order valence-corrected chi connectivity index (χ1v) is 6.88. The van der Waals surface area contributed by atoms with Crippen molar-refractivity contribution in [2.75, 3.05) is 17.3 Å². The lowest BCUT2D eigenvalue weighted by Crippen LogP contribution is -2.24. The minimum Gasteiger partial charge on any atom is -0.324 e. The van der Waals surface area contributed by atoms with Gasteiger partial charge in [-0.1, -0.05) is 0 Å². The van der Waals surface area contributed by atoms with Crippen LogP contribution in [0.15, 0.2) is 30.7 Å². The average molecular weight is 301 g/mol. The molecule has 2 rings (SSSR count). The van der Waals surface area contributed by atoms with Gasteiger partial charge in [0.2, 0.25) is 11.8 Å². The van der Waals surface area contributed by atoms with Gasteiger partial charge in [0.15, 0.2) is 0 Å². The Morgan fingerprint density at radius 3 is 2.55 bits per heavy atom. The van der Waals surface area contributed by atoms with Gasteiger partial charge >= 0.3 is 0 Å². The second-order valence-electron chi connectivity index (χ2n) is 5.14. The Kier molecular flexibility index (Phi) is 4.55. The van der Waals surface area contributed by atoms with Crippen LogP contribution in [0.2, 0.25) is 0 Å². The number of nitrogens with one attached hydrogen (secondary N) is 1. The molecule has 0 aromatic carbocycles. The lowest BCUT2D eigenvalue weighted by Gasteiger charge is -2.14. The maximum Gasteiger partial charge on any atom is 0.231 e. The van der Waals surface area contributed by atoms with E-state index in [1.807, 2.05) is 20.2 Å². The zero-order valence-electron chi connectivity index (χ0n) is 13.1. The van der Waals surface area contributed by atoms with Gasteiger partial charge in [0.1, 0.15) is 5.82 Å². The first-order chi connectivity index (χ1) is 10.4. The van der Waals surface area contributed by atoms with Gasteiger partial charge in [0.25, 0.3) is 0 Å². The number of hydrogen-bond acceptors (Lipinski definition) is 4. The number of carbonyl (C=O) groups is 2. The maximum atomic E-state index is 12.2. The normalized spacial score (nSPS) is 11.8. The molecule has 0 saturated carbocycles. The van der Waals surface area contributed by atoms with E-state index in [2.05, 4.69) is 15.4 Å². The summed E-state index contributed by atoms with van der Waals surface area (Å²) in [6.07, 6.45) is 5.02. The summed E-state index contributed by atoms with van der Waals surface area (Å²) >= 11 is 0. The largest absolute Gasteiger partial charge is 0.324 e. The molecular formula is C15H19N5O2. The highest BCUT2D eigenvalue weighted by Gasteiger charge is 2.17. The molecule has 0 aliphatic heterocycles. The van der Waals surface area contributed by atoms with Crippen LogP contribution in [0.1, 0.15) is 25.3 Å². The third kappa shape index (κ3) is 3.49. The molecule has 2 amide bonds. The SMILES string of the molecule is CC(=O)N(C)c1ccc(NC(=O)C(C)c2cnn(C)c2)cn1. The summed E-state index contributed by atoms with van der Waals surface area (Å²) in [5, 5.41) is 6.86. The number of anilines is 2. The minimum absolute atomic E-state index is 0.102. The van der Waals surface area contributed by atoms with Gasteiger partial charge in [-0.15, -0.1) is 0 Å². The van der Waals surface area contributed by atoms with Crippen molar-refractivity contribution in [1.29, 1.82) is 0 Å². The average Bonchev–Trinajstić information content (AvgIpc) is 2.92. The fourth-order valence-corrected chi connectivity index (χ4v) is 1.89. The van der Waals surface area contributed by atoms with Crippen LogP contribution in [0.5, 0.6) is 0 Å². The smallest absolute Gasteiger partial charge is 0.231 e. The van der Waals surface area contributed by atoms with E-state index in [-0.39, 0.29) is 17.7 Å². The molecule has 1 atom stereocenters. The Balaban J connectivity index is 2.04. The fraction of sp³-hybridized carbons (Fsp3) is 0.333. The molecule has 116 valence electrons. The summed E-state index contributed by atoms with van der Waals surface area (Å²) < 4.78 is 1.66. The number of carbonyl (C=O) groups excluding carboxylic acids is 2. The first kappa shape index (κ1) is 15.7. The van der Waals surface area contributed by atoms with Crippen LogP contribution in [0.25, 0.3) is 0 Å². The van der Waals surface area contributed by atoms with Gasteiger partial charge in [-0.25, -0.2) is 4.98 Å². The van der Waals surface area contributed by atoms with Crippen molar-refractivity contribution < 1.29 is 9.59 Å². The standard InChI is InChI=1S/C15H19N5O2/c1-10(12-7-17-19(3)9-12)15(22)18-13-5-6-14(16-8-13)20(4)11(2)21/h5-10H,1-4H3,(H,18,22). The van der Waals surface area contributed by atoms with E-state index in [0.29, 0.717) is 11.5 Å². The highest BCUT2D eigenvalue weighted by atomic mass is 16.2. The molecule has 0 aliphatic carbocycles. The predicted octanol–water partition coefficient (Wildman–Crippen LogP) is 1.54. The number of pyridine rings is 1. The van der Waals surface area contributed by atoms with Crippen LogP contribution in [-0.4, -0.2) is 33.6 Å². The zero-order chi connectivity index (χ0) is 16.3. The van der Waals surface area contributed by atoms with Gasteiger partial charge < -0.3 is 10.2 Å². The highest BCUT2D eigenvalue weighted by Crippen LogP contribution is 2.18. The molecule has 0 aliphatic rings. The monoisotopic (exact) mass is 301 g/mol. The first-order valence-electron chi connectivity index (χ1n) is 6.88. The van der Waals surface area contributed by atoms with Gasteiger partial charge in [-0.2, -0.15) is 5.10 Å². The van der Waals surface area contributed by atoms with Crippen LogP contribution in [0, 0.1) is 0 Å². The summed E-state index contributed by atoms with van der Waals surface area (Å²) in [6.45, 7) is 3.28. The van der Waals surface area contributed by atoms with Crippen LogP contribution in [0.4, 0.5) is 11.5 Å². The maximum absolute atomic E-state index is 12.2. The summed E-state index contributed by atoms with van der Waals surface area (Å²) in [4.78, 5) is 29.1. The molecule has 0 fully saturated rings. The van der Waals surface area contributed by atoms with E-state index in [1.54, 1.807) is 30.1 Å². The Morgan fingerprint density at radius 1 is 1.32 bits per heavy atom. The van der Waals surface area contributed by atoms with Crippen molar-refractivity contribution in [3.8, 4) is 0 Å². The molecule has 7 nitrogen and oxygen atoms in total. The van der Waals surface area contributed by atoms with Crippen LogP contribution in [-0.2, 0) is 16.6 Å². The lowest BCUT2D eigenvalue weighted by atomic mass is 10.0. The molecule has 1 N–H and O–H groups in total. The third-order valence-corrected chi connectivity index (χ3v) is 3.45. The van der Waals surface area contributed by atoms with Gasteiger partial charge in [-0.05, 0) is 19.1 Å². The van der Waals surface area contributed by atoms with Crippen molar-refractivity contribution in [3.63, 3.8) is 0 Å². The molecule has 22 heavy (non-hydrogen) atoms. The number of rotatable bonds is 4. The quantitative estimate of drug-likeness (QED) is 0.929. The topological polar surface area (TPSA) is 80.1 Å². The zero-order valence-corrected chi connectivity index (χ0v) is 13.1. The second kappa shape index (κ2) is 6.38. The minimum atomic E-state index is -0.312. The van der Waals surface area contributed by atoms with Crippen molar-refractivity contribution in [2.24, 2.45) is 7.05 Å². The van der Waals surface area contributed by atoms with Gasteiger partial charge in [0, 0.05) is 32.8 Å². The summed E-state index contributed by atoms with van der Waals surface area (Å²) in [5.41, 5.74) is 1.43. The number of amides is 2. The Bertz CT molecular complexity index is 677. The van der Waals surface area contributed by atoms with E-state index in [9.17, 15) is 9.59 Å². The molecule has 2 aromatic rings. The molecule has 2 aromatic heterocycles. The van der Waals surface area contributed by atoms with E-state index in [4.69, 9.17) is 0 Å². The van der Waals surface area contributed by atoms with E-state index < -0.39 is 0 Å². The van der Waals surface area contributed by atoms with Crippen molar-refractivity contribution in [1.82, 2.24) is 14.8 Å². The van der Waals surface area contributed by atoms with E-state index in [0.717, 1.165) is 5.56 Å². The molecular weight excluding hydrogens is 282 g/mol. The van der Waals surface area contributed by atoms with Crippen LogP contribution >= 0.6 is 0 Å². The molecule has 0 bridgehead atoms. The van der Waals surface area contributed by atoms with Gasteiger partial charge in [-0.3, -0.25) is 14.3 Å². The Hall–Kier alpha value is -2.70. The Morgan fingerprint density at radius 2 is 2.05 bits per heavy atom. The highest BCUT2D eigenvalue weighted by molar-refractivity contribution is 5.95. The molecule has 0 spiro atoms. The van der Waals surface area contributed by atoms with E-state index >= 15 is 0 Å². The summed E-state index contributed by atoms with van der Waals surface area (Å²) in [6, 6.07) is 3.40. The molecule has 1 unspecified atom stereocenters. The summed E-state index contributed by atoms with van der Waals surface area (Å²) in [7, 11) is 3.45. The van der Waals surface area contributed by atoms with Crippen LogP contribution in [0.3, 0.4) is 0 Å². The predicted molar refractivity (Wildman–Crippen MR) is 83.6 cm³/mol. The number of aromatic nitrogens is 3. The molecule has 7 heteroatoms. The van der Waals surface area contributed by atoms with Crippen molar-refractivity contribution in [2.45, 2.75) is 19.8 Å². The van der Waals surface area contributed by atoms with Crippen molar-refractivity contribution in [3.05, 3.63) is 36.3 Å².